The van der Waals surface area contributed by atoms with Crippen LogP contribution in [0.1, 0.15) is 51.5 Å². The molecule has 0 amide bonds. The highest BCUT2D eigenvalue weighted by Gasteiger charge is 2.34. The van der Waals surface area contributed by atoms with Gasteiger partial charge in [-0.05, 0) is 38.4 Å². The Morgan fingerprint density at radius 3 is 2.41 bits per heavy atom. The summed E-state index contributed by atoms with van der Waals surface area (Å²) in [6.07, 6.45) is 1.80. The van der Waals surface area contributed by atoms with Crippen molar-refractivity contribution in [3.05, 3.63) is 29.8 Å². The van der Waals surface area contributed by atoms with Gasteiger partial charge in [-0.2, -0.15) is 13.2 Å². The molecule has 124 valence electrons. The second-order valence-corrected chi connectivity index (χ2v) is 7.19. The normalized spacial score (nSPS) is 18.6. The molecule has 1 aromatic rings. The first kappa shape index (κ1) is 17.7. The van der Waals surface area contributed by atoms with Gasteiger partial charge in [-0.15, -0.1) is 11.8 Å². The van der Waals surface area contributed by atoms with Gasteiger partial charge in [-0.3, -0.25) is 4.90 Å². The van der Waals surface area contributed by atoms with Crippen molar-refractivity contribution >= 4 is 11.8 Å². The monoisotopic (exact) mass is 331 g/mol. The largest absolute Gasteiger partial charge is 0.417 e. The number of thioether (sulfide) groups is 1. The SMILES string of the molecule is CCN(C1CCCCC1)C(C)Sc1ccccc1C(F)(F)F. The van der Waals surface area contributed by atoms with Gasteiger partial charge in [0.05, 0.1) is 10.9 Å². The molecule has 2 rings (SSSR count). The third-order valence-corrected chi connectivity index (χ3v) is 5.59. The molecule has 1 aliphatic carbocycles. The van der Waals surface area contributed by atoms with E-state index in [2.05, 4.69) is 11.8 Å². The van der Waals surface area contributed by atoms with Crippen LogP contribution in [0.4, 0.5) is 13.2 Å². The van der Waals surface area contributed by atoms with E-state index in [1.54, 1.807) is 12.1 Å². The Kier molecular flexibility index (Phi) is 6.21. The Balaban J connectivity index is 2.11. The second kappa shape index (κ2) is 7.73. The van der Waals surface area contributed by atoms with Gasteiger partial charge in [-0.25, -0.2) is 0 Å². The minimum Gasteiger partial charge on any atom is -0.289 e. The highest BCUT2D eigenvalue weighted by atomic mass is 32.2. The summed E-state index contributed by atoms with van der Waals surface area (Å²) < 4.78 is 39.3. The van der Waals surface area contributed by atoms with Gasteiger partial charge in [0, 0.05) is 10.9 Å². The Morgan fingerprint density at radius 1 is 1.18 bits per heavy atom. The zero-order chi connectivity index (χ0) is 16.2. The molecule has 1 fully saturated rings. The molecule has 5 heteroatoms. The molecule has 1 unspecified atom stereocenters. The van der Waals surface area contributed by atoms with E-state index < -0.39 is 11.7 Å². The summed E-state index contributed by atoms with van der Waals surface area (Å²) >= 11 is 1.33. The standard InChI is InChI=1S/C17H24F3NS/c1-3-21(14-9-5-4-6-10-14)13(2)22-16-12-8-7-11-15(16)17(18,19)20/h7-8,11-14H,3-6,9-10H2,1-2H3. The quantitative estimate of drug-likeness (QED) is 0.495. The van der Waals surface area contributed by atoms with Gasteiger partial charge < -0.3 is 0 Å². The van der Waals surface area contributed by atoms with E-state index in [1.807, 2.05) is 6.92 Å². The summed E-state index contributed by atoms with van der Waals surface area (Å²) in [7, 11) is 0. The lowest BCUT2D eigenvalue weighted by molar-refractivity contribution is -0.139. The van der Waals surface area contributed by atoms with Crippen LogP contribution in [0, 0.1) is 0 Å². The molecule has 0 spiro atoms. The topological polar surface area (TPSA) is 3.24 Å². The van der Waals surface area contributed by atoms with Crippen LogP contribution >= 0.6 is 11.8 Å². The Hall–Kier alpha value is -0.680. The van der Waals surface area contributed by atoms with Crippen molar-refractivity contribution in [2.45, 2.75) is 68.4 Å². The van der Waals surface area contributed by atoms with E-state index in [9.17, 15) is 13.2 Å². The molecule has 0 heterocycles. The Morgan fingerprint density at radius 2 is 1.82 bits per heavy atom. The van der Waals surface area contributed by atoms with Crippen LogP contribution in [0.5, 0.6) is 0 Å². The van der Waals surface area contributed by atoms with Gasteiger partial charge in [0.2, 0.25) is 0 Å². The van der Waals surface area contributed by atoms with Gasteiger partial charge in [0.1, 0.15) is 0 Å². The molecule has 1 atom stereocenters. The first-order chi connectivity index (χ1) is 10.4. The number of alkyl halides is 3. The molecule has 0 saturated heterocycles. The zero-order valence-electron chi connectivity index (χ0n) is 13.2. The lowest BCUT2D eigenvalue weighted by Crippen LogP contribution is -2.41. The molecule has 1 aliphatic rings. The third kappa shape index (κ3) is 4.42. The van der Waals surface area contributed by atoms with E-state index in [0.29, 0.717) is 10.9 Å². The summed E-state index contributed by atoms with van der Waals surface area (Å²) in [5, 5.41) is 0.0524. The first-order valence-corrected chi connectivity index (χ1v) is 8.90. The van der Waals surface area contributed by atoms with Crippen molar-refractivity contribution < 1.29 is 13.2 Å². The van der Waals surface area contributed by atoms with E-state index >= 15 is 0 Å². The fraction of sp³-hybridized carbons (Fsp3) is 0.647. The minimum atomic E-state index is -4.29. The lowest BCUT2D eigenvalue weighted by Gasteiger charge is -2.37. The number of nitrogens with zero attached hydrogens (tertiary/aromatic N) is 1. The van der Waals surface area contributed by atoms with Crippen molar-refractivity contribution in [1.82, 2.24) is 4.90 Å². The van der Waals surface area contributed by atoms with Crippen molar-refractivity contribution in [2.24, 2.45) is 0 Å². The van der Waals surface area contributed by atoms with Gasteiger partial charge in [0.25, 0.3) is 0 Å². The lowest BCUT2D eigenvalue weighted by atomic mass is 9.94. The Labute approximate surface area is 135 Å². The second-order valence-electron chi connectivity index (χ2n) is 5.83. The van der Waals surface area contributed by atoms with E-state index in [1.165, 1.54) is 56.0 Å². The van der Waals surface area contributed by atoms with E-state index in [-0.39, 0.29) is 5.37 Å². The maximum absolute atomic E-state index is 13.1. The number of rotatable bonds is 5. The van der Waals surface area contributed by atoms with Crippen molar-refractivity contribution in [2.75, 3.05) is 6.54 Å². The summed E-state index contributed by atoms with van der Waals surface area (Å²) in [6, 6.07) is 6.40. The summed E-state index contributed by atoms with van der Waals surface area (Å²) in [4.78, 5) is 2.69. The predicted molar refractivity (Wildman–Crippen MR) is 86.0 cm³/mol. The molecule has 1 nitrogen and oxygen atoms in total. The fourth-order valence-corrected chi connectivity index (χ4v) is 4.57. The van der Waals surface area contributed by atoms with Crippen molar-refractivity contribution in [3.8, 4) is 0 Å². The fourth-order valence-electron chi connectivity index (χ4n) is 3.28. The Bertz CT molecular complexity index is 469. The molecule has 0 aromatic heterocycles. The number of halogens is 3. The van der Waals surface area contributed by atoms with Gasteiger partial charge in [0.15, 0.2) is 0 Å². The van der Waals surface area contributed by atoms with Crippen LogP contribution in [-0.4, -0.2) is 22.9 Å². The van der Waals surface area contributed by atoms with E-state index in [0.717, 1.165) is 6.54 Å². The smallest absolute Gasteiger partial charge is 0.289 e. The molecule has 0 aliphatic heterocycles. The predicted octanol–water partition coefficient (Wildman–Crippen LogP) is 5.80. The van der Waals surface area contributed by atoms with Crippen LogP contribution in [-0.2, 0) is 6.18 Å². The van der Waals surface area contributed by atoms with Crippen LogP contribution in [0.15, 0.2) is 29.2 Å². The molecule has 0 radical (unpaired) electrons. The highest BCUT2D eigenvalue weighted by Crippen LogP contribution is 2.39. The molecule has 1 aromatic carbocycles. The summed E-state index contributed by atoms with van der Waals surface area (Å²) in [5.74, 6) is 0. The number of hydrogen-bond donors (Lipinski definition) is 0. The maximum atomic E-state index is 13.1. The zero-order valence-corrected chi connectivity index (χ0v) is 14.0. The summed E-state index contributed by atoms with van der Waals surface area (Å²) in [5.41, 5.74) is -0.522. The average Bonchev–Trinajstić information content (AvgIpc) is 2.48. The number of benzene rings is 1. The van der Waals surface area contributed by atoms with E-state index in [4.69, 9.17) is 0 Å². The first-order valence-electron chi connectivity index (χ1n) is 8.02. The molecule has 0 N–H and O–H groups in total. The average molecular weight is 331 g/mol. The van der Waals surface area contributed by atoms with Gasteiger partial charge >= 0.3 is 6.18 Å². The van der Waals surface area contributed by atoms with Crippen LogP contribution < -0.4 is 0 Å². The number of hydrogen-bond acceptors (Lipinski definition) is 2. The molecule has 22 heavy (non-hydrogen) atoms. The van der Waals surface area contributed by atoms with Crippen LogP contribution in [0.2, 0.25) is 0 Å². The van der Waals surface area contributed by atoms with Gasteiger partial charge in [-0.1, -0.05) is 38.3 Å². The minimum absolute atomic E-state index is 0.0524. The molecular weight excluding hydrogens is 307 g/mol. The van der Waals surface area contributed by atoms with Crippen molar-refractivity contribution in [3.63, 3.8) is 0 Å². The molecular formula is C17H24F3NS. The molecule has 0 bridgehead atoms. The third-order valence-electron chi connectivity index (χ3n) is 4.37. The molecule has 1 saturated carbocycles. The summed E-state index contributed by atoms with van der Waals surface area (Å²) in [6.45, 7) is 5.00. The highest BCUT2D eigenvalue weighted by molar-refractivity contribution is 7.99. The maximum Gasteiger partial charge on any atom is 0.417 e. The van der Waals surface area contributed by atoms with Crippen LogP contribution in [0.3, 0.4) is 0 Å². The van der Waals surface area contributed by atoms with Crippen LogP contribution in [0.25, 0.3) is 0 Å². The van der Waals surface area contributed by atoms with Crippen molar-refractivity contribution in [1.29, 1.82) is 0 Å².